The first-order valence-corrected chi connectivity index (χ1v) is 9.82. The van der Waals surface area contributed by atoms with Crippen LogP contribution in [-0.4, -0.2) is 10.8 Å². The molecule has 156 valence electrons. The van der Waals surface area contributed by atoms with Gasteiger partial charge in [-0.25, -0.2) is 0 Å². The lowest BCUT2D eigenvalue weighted by atomic mass is 10.2. The van der Waals surface area contributed by atoms with Crippen molar-refractivity contribution in [2.24, 2.45) is 0 Å². The molecule has 1 heterocycles. The minimum absolute atomic E-state index is 0.0640. The van der Waals surface area contributed by atoms with E-state index in [2.05, 4.69) is 5.32 Å². The zero-order valence-electron chi connectivity index (χ0n) is 15.2. The van der Waals surface area contributed by atoms with Gasteiger partial charge in [0.05, 0.1) is 25.7 Å². The zero-order valence-corrected chi connectivity index (χ0v) is 18.2. The highest BCUT2D eigenvalue weighted by molar-refractivity contribution is 6.40. The molecule has 0 fully saturated rings. The fourth-order valence-corrected chi connectivity index (χ4v) is 3.47. The van der Waals surface area contributed by atoms with Crippen LogP contribution in [0.25, 0.3) is 17.4 Å². The summed E-state index contributed by atoms with van der Waals surface area (Å²) in [6.07, 6.45) is 1.21. The maximum Gasteiger partial charge on any atom is 0.272 e. The van der Waals surface area contributed by atoms with Crippen molar-refractivity contribution in [3.05, 3.63) is 84.0 Å². The first-order valence-electron chi connectivity index (χ1n) is 8.31. The van der Waals surface area contributed by atoms with Gasteiger partial charge in [0, 0.05) is 28.8 Å². The lowest BCUT2D eigenvalue weighted by Crippen LogP contribution is -2.14. The van der Waals surface area contributed by atoms with Crippen molar-refractivity contribution in [3.8, 4) is 17.4 Å². The minimum Gasteiger partial charge on any atom is -0.457 e. The molecule has 0 saturated carbocycles. The smallest absolute Gasteiger partial charge is 0.272 e. The van der Waals surface area contributed by atoms with Gasteiger partial charge in [0.1, 0.15) is 23.2 Å². The summed E-state index contributed by atoms with van der Waals surface area (Å²) in [4.78, 5) is 22.7. The van der Waals surface area contributed by atoms with Gasteiger partial charge in [-0.2, -0.15) is 5.26 Å². The molecule has 1 N–H and O–H groups in total. The number of carbonyl (C=O) groups excluding carboxylic acids is 1. The predicted molar refractivity (Wildman–Crippen MR) is 120 cm³/mol. The molecule has 2 aromatic carbocycles. The van der Waals surface area contributed by atoms with Crippen LogP contribution in [0.5, 0.6) is 0 Å². The number of hydrogen-bond acceptors (Lipinski definition) is 5. The molecule has 0 saturated heterocycles. The van der Waals surface area contributed by atoms with Gasteiger partial charge < -0.3 is 9.73 Å². The van der Waals surface area contributed by atoms with Crippen LogP contribution in [0.3, 0.4) is 0 Å². The number of carbonyl (C=O) groups is 1. The summed E-state index contributed by atoms with van der Waals surface area (Å²) in [6.45, 7) is 0. The van der Waals surface area contributed by atoms with Crippen LogP contribution in [-0.2, 0) is 4.79 Å². The second kappa shape index (κ2) is 9.41. The Morgan fingerprint density at radius 1 is 1.06 bits per heavy atom. The summed E-state index contributed by atoms with van der Waals surface area (Å²) in [7, 11) is 0. The molecule has 0 unspecified atom stereocenters. The molecule has 0 bridgehead atoms. The Hall–Kier alpha value is -3.02. The number of halogens is 4. The van der Waals surface area contributed by atoms with Crippen molar-refractivity contribution in [3.63, 3.8) is 0 Å². The molecule has 0 atom stereocenters. The molecule has 3 aromatic rings. The fraction of sp³-hybridized carbons (Fsp3) is 0. The van der Waals surface area contributed by atoms with Crippen LogP contribution < -0.4 is 5.32 Å². The van der Waals surface area contributed by atoms with E-state index in [0.29, 0.717) is 21.4 Å². The van der Waals surface area contributed by atoms with Crippen molar-refractivity contribution in [2.75, 3.05) is 5.32 Å². The monoisotopic (exact) mass is 495 g/mol. The highest BCUT2D eigenvalue weighted by atomic mass is 35.5. The second-order valence-electron chi connectivity index (χ2n) is 5.99. The summed E-state index contributed by atoms with van der Waals surface area (Å²) >= 11 is 24.1. The lowest BCUT2D eigenvalue weighted by Gasteiger charge is -2.08. The van der Waals surface area contributed by atoms with Crippen molar-refractivity contribution >= 4 is 69.8 Å². The number of hydrogen-bond donors (Lipinski definition) is 1. The molecule has 11 heteroatoms. The number of amides is 1. The average Bonchev–Trinajstić information content (AvgIpc) is 3.18. The summed E-state index contributed by atoms with van der Waals surface area (Å²) < 4.78 is 5.65. The normalized spacial score (nSPS) is 11.1. The van der Waals surface area contributed by atoms with Gasteiger partial charge in [0.15, 0.2) is 0 Å². The second-order valence-corrected chi connectivity index (χ2v) is 7.65. The zero-order chi connectivity index (χ0) is 22.7. The van der Waals surface area contributed by atoms with Crippen molar-refractivity contribution in [1.29, 1.82) is 5.26 Å². The molecular weight excluding hydrogens is 488 g/mol. The predicted octanol–water partition coefficient (Wildman–Crippen LogP) is 7.01. The van der Waals surface area contributed by atoms with E-state index in [1.807, 2.05) is 0 Å². The number of benzene rings is 2. The number of rotatable bonds is 5. The van der Waals surface area contributed by atoms with E-state index in [4.69, 9.17) is 50.8 Å². The number of anilines is 1. The van der Waals surface area contributed by atoms with Gasteiger partial charge in [0.25, 0.3) is 11.6 Å². The van der Waals surface area contributed by atoms with Gasteiger partial charge in [-0.3, -0.25) is 14.9 Å². The Kier molecular flexibility index (Phi) is 6.88. The van der Waals surface area contributed by atoms with Crippen LogP contribution in [0.2, 0.25) is 20.1 Å². The Morgan fingerprint density at radius 3 is 2.35 bits per heavy atom. The van der Waals surface area contributed by atoms with Crippen LogP contribution >= 0.6 is 46.4 Å². The van der Waals surface area contributed by atoms with Gasteiger partial charge in [0.2, 0.25) is 0 Å². The van der Waals surface area contributed by atoms with Crippen molar-refractivity contribution in [1.82, 2.24) is 0 Å². The van der Waals surface area contributed by atoms with Crippen molar-refractivity contribution < 1.29 is 14.1 Å². The van der Waals surface area contributed by atoms with Crippen LogP contribution in [0.1, 0.15) is 5.76 Å². The van der Waals surface area contributed by atoms with Gasteiger partial charge in [-0.05, 0) is 30.3 Å². The summed E-state index contributed by atoms with van der Waals surface area (Å²) in [5.74, 6) is -0.240. The number of non-ortho nitro benzene ring substituents is 1. The van der Waals surface area contributed by atoms with Gasteiger partial charge in [-0.15, -0.1) is 0 Å². The SMILES string of the molecule is N#C/C(=C\c1ccc(-c2cc(Cl)ccc2Cl)o1)C(=O)Nc1c(Cl)cc([N+](=O)[O-])cc1Cl. The topological polar surface area (TPSA) is 109 Å². The molecule has 0 spiro atoms. The molecule has 1 amide bonds. The van der Waals surface area contributed by atoms with Crippen LogP contribution in [0.15, 0.2) is 52.5 Å². The van der Waals surface area contributed by atoms with Gasteiger partial charge >= 0.3 is 0 Å². The van der Waals surface area contributed by atoms with E-state index >= 15 is 0 Å². The Morgan fingerprint density at radius 2 is 1.74 bits per heavy atom. The molecule has 0 aliphatic carbocycles. The highest BCUT2D eigenvalue weighted by Crippen LogP contribution is 2.35. The first kappa shape index (κ1) is 22.7. The quantitative estimate of drug-likeness (QED) is 0.177. The summed E-state index contributed by atoms with van der Waals surface area (Å²) in [6, 6.07) is 11.8. The first-order chi connectivity index (χ1) is 14.7. The number of furan rings is 1. The lowest BCUT2D eigenvalue weighted by molar-refractivity contribution is -0.384. The fourth-order valence-electron chi connectivity index (χ4n) is 2.52. The number of nitrogens with one attached hydrogen (secondary N) is 1. The summed E-state index contributed by atoms with van der Waals surface area (Å²) in [5.41, 5.74) is -0.178. The standard InChI is InChI=1S/C20H9Cl4N3O4/c21-11-1-3-15(22)14(6-11)18-4-2-13(31-18)5-10(9-25)20(28)26-19-16(23)7-12(27(29)30)8-17(19)24/h1-8H,(H,26,28)/b10-5+. The maximum atomic E-state index is 12.5. The average molecular weight is 497 g/mol. The molecule has 1 aromatic heterocycles. The van der Waals surface area contributed by atoms with E-state index in [1.54, 1.807) is 36.4 Å². The molecule has 31 heavy (non-hydrogen) atoms. The highest BCUT2D eigenvalue weighted by Gasteiger charge is 2.19. The minimum atomic E-state index is -0.834. The third-order valence-corrected chi connectivity index (χ3v) is 5.11. The third-order valence-electron chi connectivity index (χ3n) is 3.95. The Balaban J connectivity index is 1.87. The van der Waals surface area contributed by atoms with E-state index in [1.165, 1.54) is 6.08 Å². The molecule has 0 aliphatic rings. The maximum absolute atomic E-state index is 12.5. The van der Waals surface area contributed by atoms with Crippen LogP contribution in [0, 0.1) is 21.4 Å². The summed E-state index contributed by atoms with van der Waals surface area (Å²) in [5, 5.41) is 23.2. The molecule has 0 radical (unpaired) electrons. The number of nitro groups is 1. The Labute approximate surface area is 195 Å². The largest absolute Gasteiger partial charge is 0.457 e. The van der Waals surface area contributed by atoms with E-state index in [0.717, 1.165) is 12.1 Å². The van der Waals surface area contributed by atoms with E-state index in [-0.39, 0.29) is 32.8 Å². The molecule has 0 aliphatic heterocycles. The number of nitriles is 1. The van der Waals surface area contributed by atoms with Gasteiger partial charge in [-0.1, -0.05) is 46.4 Å². The molecular formula is C20H9Cl4N3O4. The van der Waals surface area contributed by atoms with Crippen LogP contribution in [0.4, 0.5) is 11.4 Å². The Bertz CT molecular complexity index is 1250. The van der Waals surface area contributed by atoms with E-state index in [9.17, 15) is 20.2 Å². The molecule has 7 nitrogen and oxygen atoms in total. The van der Waals surface area contributed by atoms with Crippen molar-refractivity contribution in [2.45, 2.75) is 0 Å². The number of nitrogens with zero attached hydrogens (tertiary/aromatic N) is 2. The molecule has 3 rings (SSSR count). The third kappa shape index (κ3) is 5.19. The number of nitro benzene ring substituents is 1. The van der Waals surface area contributed by atoms with E-state index < -0.39 is 10.8 Å².